The smallest absolute Gasteiger partial charge is 0.216 e. The second-order valence-electron chi connectivity index (χ2n) is 7.04. The lowest BCUT2D eigenvalue weighted by molar-refractivity contribution is 0.0970. The third kappa shape index (κ3) is 3.92. The van der Waals surface area contributed by atoms with E-state index in [-0.39, 0.29) is 17.3 Å². The maximum atomic E-state index is 12.7. The number of aryl methyl sites for hydroxylation is 1. The monoisotopic (exact) mass is 353 g/mol. The first kappa shape index (κ1) is 18.5. The molecule has 0 unspecified atom stereocenters. The first-order valence-corrected chi connectivity index (χ1v) is 9.86. The van der Waals surface area contributed by atoms with E-state index < -0.39 is 0 Å². The van der Waals surface area contributed by atoms with E-state index in [4.69, 9.17) is 0 Å². The second kappa shape index (κ2) is 8.88. The summed E-state index contributed by atoms with van der Waals surface area (Å²) in [6.45, 7) is 2.87. The van der Waals surface area contributed by atoms with Crippen LogP contribution in [0.4, 0.5) is 0 Å². The van der Waals surface area contributed by atoms with Gasteiger partial charge in [-0.25, -0.2) is 4.68 Å². The highest BCUT2D eigenvalue weighted by Gasteiger charge is 2.34. The van der Waals surface area contributed by atoms with Gasteiger partial charge < -0.3 is 0 Å². The Hall–Kier alpha value is -2.30. The maximum Gasteiger partial charge on any atom is 0.216 e. The molecule has 3 rings (SSSR count). The predicted molar refractivity (Wildman–Crippen MR) is 101 cm³/mol. The van der Waals surface area contributed by atoms with Crippen molar-refractivity contribution in [3.05, 3.63) is 46.8 Å². The maximum absolute atomic E-state index is 12.7. The fraction of sp³-hybridized carbons (Fsp3) is 0.524. The van der Waals surface area contributed by atoms with Gasteiger partial charge in [-0.3, -0.25) is 9.59 Å². The van der Waals surface area contributed by atoms with E-state index in [9.17, 15) is 9.59 Å². The lowest BCUT2D eigenvalue weighted by atomic mass is 9.90. The van der Waals surface area contributed by atoms with Crippen molar-refractivity contribution in [1.29, 1.82) is 0 Å². The summed E-state index contributed by atoms with van der Waals surface area (Å²) in [6, 6.07) is 6.93. The van der Waals surface area contributed by atoms with Crippen molar-refractivity contribution in [1.82, 2.24) is 15.0 Å². The SMILES string of the molecule is CCCCCCCCCCCn1nnc2c1C(=O)c1ccccc1C2=O. The Bertz CT molecular complexity index is 779. The van der Waals surface area contributed by atoms with Crippen LogP contribution in [0.2, 0.25) is 0 Å². The summed E-state index contributed by atoms with van der Waals surface area (Å²) in [5.41, 5.74) is 1.44. The van der Waals surface area contributed by atoms with Gasteiger partial charge in [0.15, 0.2) is 5.69 Å². The van der Waals surface area contributed by atoms with Crippen molar-refractivity contribution in [2.24, 2.45) is 0 Å². The summed E-state index contributed by atoms with van der Waals surface area (Å²) in [5.74, 6) is -0.343. The van der Waals surface area contributed by atoms with Crippen LogP contribution in [0.1, 0.15) is 96.8 Å². The quantitative estimate of drug-likeness (QED) is 0.500. The van der Waals surface area contributed by atoms with Crippen LogP contribution in [-0.2, 0) is 6.54 Å². The minimum absolute atomic E-state index is 0.142. The average Bonchev–Trinajstić information content (AvgIpc) is 3.09. The van der Waals surface area contributed by atoms with Gasteiger partial charge in [0, 0.05) is 17.7 Å². The molecule has 1 aliphatic carbocycles. The summed E-state index contributed by atoms with van der Waals surface area (Å²) in [5, 5.41) is 8.06. The number of carbonyl (C=O) groups excluding carboxylic acids is 2. The molecule has 138 valence electrons. The van der Waals surface area contributed by atoms with Crippen molar-refractivity contribution in [2.75, 3.05) is 0 Å². The number of rotatable bonds is 10. The molecular weight excluding hydrogens is 326 g/mol. The Balaban J connectivity index is 1.52. The van der Waals surface area contributed by atoms with Crippen LogP contribution < -0.4 is 0 Å². The van der Waals surface area contributed by atoms with E-state index in [1.54, 1.807) is 28.9 Å². The first-order valence-electron chi connectivity index (χ1n) is 9.86. The molecule has 1 aliphatic rings. The van der Waals surface area contributed by atoms with Gasteiger partial charge in [-0.15, -0.1) is 5.10 Å². The van der Waals surface area contributed by atoms with E-state index >= 15 is 0 Å². The van der Waals surface area contributed by atoms with Crippen molar-refractivity contribution in [3.8, 4) is 0 Å². The van der Waals surface area contributed by atoms with Gasteiger partial charge in [0.05, 0.1) is 0 Å². The van der Waals surface area contributed by atoms with Gasteiger partial charge in [0.1, 0.15) is 5.69 Å². The average molecular weight is 353 g/mol. The highest BCUT2D eigenvalue weighted by atomic mass is 16.1. The molecule has 0 bridgehead atoms. The molecular formula is C21H27N3O2. The zero-order valence-electron chi connectivity index (χ0n) is 15.5. The summed E-state index contributed by atoms with van der Waals surface area (Å²) in [7, 11) is 0. The second-order valence-corrected chi connectivity index (χ2v) is 7.04. The van der Waals surface area contributed by atoms with Crippen LogP contribution in [0.5, 0.6) is 0 Å². The van der Waals surface area contributed by atoms with E-state index in [1.165, 1.54) is 44.9 Å². The number of aromatic nitrogens is 3. The molecule has 0 radical (unpaired) electrons. The molecule has 0 amide bonds. The van der Waals surface area contributed by atoms with E-state index in [1.807, 2.05) is 0 Å². The predicted octanol–water partition coefficient (Wildman–Crippen LogP) is 4.58. The molecule has 0 fully saturated rings. The molecule has 26 heavy (non-hydrogen) atoms. The fourth-order valence-corrected chi connectivity index (χ4v) is 3.55. The molecule has 2 aromatic rings. The van der Waals surface area contributed by atoms with Crippen molar-refractivity contribution in [2.45, 2.75) is 71.3 Å². The Kier molecular flexibility index (Phi) is 6.31. The van der Waals surface area contributed by atoms with E-state index in [0.717, 1.165) is 12.8 Å². The summed E-state index contributed by atoms with van der Waals surface area (Å²) >= 11 is 0. The van der Waals surface area contributed by atoms with Gasteiger partial charge in [0.2, 0.25) is 11.6 Å². The zero-order valence-corrected chi connectivity index (χ0v) is 15.5. The summed E-state index contributed by atoms with van der Waals surface area (Å²) < 4.78 is 1.62. The third-order valence-electron chi connectivity index (χ3n) is 5.06. The van der Waals surface area contributed by atoms with Crippen molar-refractivity contribution in [3.63, 3.8) is 0 Å². The van der Waals surface area contributed by atoms with Crippen LogP contribution in [0.25, 0.3) is 0 Å². The number of nitrogens with zero attached hydrogens (tertiary/aromatic N) is 3. The molecule has 0 atom stereocenters. The standard InChI is InChI=1S/C21H27N3O2/c1-2-3-4-5-6-7-8-9-12-15-24-19-18(22-23-24)20(25)16-13-10-11-14-17(16)21(19)26/h10-11,13-14H,2-9,12,15H2,1H3. The van der Waals surface area contributed by atoms with E-state index in [0.29, 0.717) is 23.4 Å². The number of benzene rings is 1. The summed E-state index contributed by atoms with van der Waals surface area (Å²) in [4.78, 5) is 25.3. The molecule has 0 N–H and O–H groups in total. The number of carbonyl (C=O) groups is 2. The van der Waals surface area contributed by atoms with Crippen LogP contribution in [-0.4, -0.2) is 26.6 Å². The van der Waals surface area contributed by atoms with Crippen LogP contribution in [0.3, 0.4) is 0 Å². The van der Waals surface area contributed by atoms with Gasteiger partial charge in [0.25, 0.3) is 0 Å². The largest absolute Gasteiger partial charge is 0.287 e. The Morgan fingerprint density at radius 1 is 0.808 bits per heavy atom. The zero-order chi connectivity index (χ0) is 18.4. The lowest BCUT2D eigenvalue weighted by Gasteiger charge is -2.14. The molecule has 0 aliphatic heterocycles. The lowest BCUT2D eigenvalue weighted by Crippen LogP contribution is -2.23. The third-order valence-corrected chi connectivity index (χ3v) is 5.06. The first-order chi connectivity index (χ1) is 12.7. The highest BCUT2D eigenvalue weighted by Crippen LogP contribution is 2.25. The van der Waals surface area contributed by atoms with Gasteiger partial charge in [-0.1, -0.05) is 87.8 Å². The number of unbranched alkanes of at least 4 members (excludes halogenated alkanes) is 8. The van der Waals surface area contributed by atoms with Crippen molar-refractivity contribution < 1.29 is 9.59 Å². The molecule has 0 spiro atoms. The van der Waals surface area contributed by atoms with Gasteiger partial charge >= 0.3 is 0 Å². The van der Waals surface area contributed by atoms with Crippen LogP contribution in [0.15, 0.2) is 24.3 Å². The molecule has 1 aromatic carbocycles. The number of ketones is 2. The molecule has 1 heterocycles. The van der Waals surface area contributed by atoms with Gasteiger partial charge in [-0.05, 0) is 6.42 Å². The van der Waals surface area contributed by atoms with Crippen LogP contribution >= 0.6 is 0 Å². The van der Waals surface area contributed by atoms with Gasteiger partial charge in [-0.2, -0.15) is 0 Å². The molecule has 1 aromatic heterocycles. The Morgan fingerprint density at radius 2 is 1.38 bits per heavy atom. The molecule has 0 saturated carbocycles. The van der Waals surface area contributed by atoms with Crippen molar-refractivity contribution >= 4 is 11.6 Å². The minimum atomic E-state index is -0.200. The minimum Gasteiger partial charge on any atom is -0.287 e. The fourth-order valence-electron chi connectivity index (χ4n) is 3.55. The molecule has 5 nitrogen and oxygen atoms in total. The highest BCUT2D eigenvalue weighted by molar-refractivity contribution is 6.26. The Labute approximate surface area is 154 Å². The topological polar surface area (TPSA) is 64.8 Å². The number of hydrogen-bond donors (Lipinski definition) is 0. The number of hydrogen-bond acceptors (Lipinski definition) is 4. The molecule has 0 saturated heterocycles. The summed E-state index contributed by atoms with van der Waals surface area (Å²) in [6.07, 6.45) is 11.2. The number of fused-ring (bicyclic) bond motifs is 2. The Morgan fingerprint density at radius 3 is 2.04 bits per heavy atom. The van der Waals surface area contributed by atoms with Crippen LogP contribution in [0, 0.1) is 0 Å². The van der Waals surface area contributed by atoms with E-state index in [2.05, 4.69) is 17.2 Å². The molecule has 5 heteroatoms. The normalized spacial score (nSPS) is 13.0.